The first-order valence-electron chi connectivity index (χ1n) is 5.33. The van der Waals surface area contributed by atoms with E-state index in [0.717, 1.165) is 18.8 Å². The maximum atomic E-state index is 10.7. The van der Waals surface area contributed by atoms with Gasteiger partial charge in [-0.3, -0.25) is 4.68 Å². The van der Waals surface area contributed by atoms with Crippen molar-refractivity contribution in [2.24, 2.45) is 0 Å². The van der Waals surface area contributed by atoms with Gasteiger partial charge in [0.25, 0.3) is 0 Å². The van der Waals surface area contributed by atoms with Crippen LogP contribution in [-0.4, -0.2) is 35.6 Å². The number of nitrogens with zero attached hydrogens (tertiary/aromatic N) is 5. The fourth-order valence-electron chi connectivity index (χ4n) is 1.51. The summed E-state index contributed by atoms with van der Waals surface area (Å²) in [4.78, 5) is 14.8. The predicted octanol–water partition coefficient (Wildman–Crippen LogP) is 0.631. The van der Waals surface area contributed by atoms with Crippen molar-refractivity contribution in [3.63, 3.8) is 0 Å². The molecule has 17 heavy (non-hydrogen) atoms. The van der Waals surface area contributed by atoms with Crippen LogP contribution < -0.4 is 0 Å². The zero-order valence-electron chi connectivity index (χ0n) is 9.44. The first-order chi connectivity index (χ1) is 8.20. The molecule has 2 aromatic heterocycles. The van der Waals surface area contributed by atoms with E-state index in [1.807, 2.05) is 0 Å². The van der Waals surface area contributed by atoms with Gasteiger partial charge in [0.2, 0.25) is 0 Å². The molecule has 0 radical (unpaired) electrons. The first-order valence-corrected chi connectivity index (χ1v) is 5.33. The number of hydrogen-bond donors (Lipinski definition) is 1. The maximum absolute atomic E-state index is 10.7. The maximum Gasteiger partial charge on any atom is 0.338 e. The normalized spacial score (nSPS) is 10.6. The topological polar surface area (TPSA) is 85.8 Å². The quantitative estimate of drug-likeness (QED) is 0.821. The largest absolute Gasteiger partial charge is 0.478 e. The van der Waals surface area contributed by atoms with E-state index in [-0.39, 0.29) is 5.56 Å². The molecule has 0 aromatic carbocycles. The SMILES string of the molecule is CCCn1ncnc1Cn1cc(C(=O)O)cn1. The standard InChI is InChI=1S/C10H13N5O2/c1-2-3-15-9(11-7-13-15)6-14-5-8(4-12-14)10(16)17/h4-5,7H,2-3,6H2,1H3,(H,16,17). The van der Waals surface area contributed by atoms with Gasteiger partial charge < -0.3 is 5.11 Å². The Kier molecular flexibility index (Phi) is 3.17. The summed E-state index contributed by atoms with van der Waals surface area (Å²) in [6.45, 7) is 3.28. The summed E-state index contributed by atoms with van der Waals surface area (Å²) in [6.07, 6.45) is 5.26. The van der Waals surface area contributed by atoms with Crippen molar-refractivity contribution in [1.82, 2.24) is 24.5 Å². The summed E-state index contributed by atoms with van der Waals surface area (Å²) in [5.74, 6) is -0.210. The molecule has 0 saturated carbocycles. The molecule has 0 atom stereocenters. The second-order valence-corrected chi connectivity index (χ2v) is 3.63. The Bertz CT molecular complexity index is 516. The molecule has 2 heterocycles. The summed E-state index contributed by atoms with van der Waals surface area (Å²) >= 11 is 0. The summed E-state index contributed by atoms with van der Waals surface area (Å²) in [6, 6.07) is 0. The zero-order valence-corrected chi connectivity index (χ0v) is 9.44. The van der Waals surface area contributed by atoms with Gasteiger partial charge in [-0.1, -0.05) is 6.92 Å². The molecule has 0 spiro atoms. The molecule has 0 aliphatic carbocycles. The second-order valence-electron chi connectivity index (χ2n) is 3.63. The van der Waals surface area contributed by atoms with Gasteiger partial charge in [0.1, 0.15) is 18.7 Å². The number of aryl methyl sites for hydroxylation is 1. The van der Waals surface area contributed by atoms with E-state index in [4.69, 9.17) is 5.11 Å². The van der Waals surface area contributed by atoms with Gasteiger partial charge in [0.15, 0.2) is 0 Å². The monoisotopic (exact) mass is 235 g/mol. The van der Waals surface area contributed by atoms with Crippen LogP contribution in [0.2, 0.25) is 0 Å². The molecule has 0 unspecified atom stereocenters. The van der Waals surface area contributed by atoms with Gasteiger partial charge >= 0.3 is 5.97 Å². The lowest BCUT2D eigenvalue weighted by atomic mass is 10.4. The lowest BCUT2D eigenvalue weighted by molar-refractivity contribution is 0.0697. The third-order valence-corrected chi connectivity index (χ3v) is 2.31. The number of aromatic nitrogens is 5. The van der Waals surface area contributed by atoms with Crippen molar-refractivity contribution in [1.29, 1.82) is 0 Å². The highest BCUT2D eigenvalue weighted by atomic mass is 16.4. The summed E-state index contributed by atoms with van der Waals surface area (Å²) in [7, 11) is 0. The number of carbonyl (C=O) groups is 1. The second kappa shape index (κ2) is 4.77. The minimum absolute atomic E-state index is 0.173. The van der Waals surface area contributed by atoms with Gasteiger partial charge in [-0.05, 0) is 6.42 Å². The van der Waals surface area contributed by atoms with E-state index >= 15 is 0 Å². The van der Waals surface area contributed by atoms with Gasteiger partial charge in [-0.15, -0.1) is 0 Å². The van der Waals surface area contributed by atoms with Crippen LogP contribution in [-0.2, 0) is 13.1 Å². The molecule has 0 aliphatic rings. The molecular weight excluding hydrogens is 222 g/mol. The van der Waals surface area contributed by atoms with Crippen LogP contribution in [0.1, 0.15) is 29.5 Å². The van der Waals surface area contributed by atoms with Crippen molar-refractivity contribution in [2.75, 3.05) is 0 Å². The summed E-state index contributed by atoms with van der Waals surface area (Å²) in [5.41, 5.74) is 0.173. The van der Waals surface area contributed by atoms with Gasteiger partial charge in [0, 0.05) is 12.7 Å². The van der Waals surface area contributed by atoms with Gasteiger partial charge in [-0.25, -0.2) is 14.5 Å². The van der Waals surface area contributed by atoms with E-state index in [2.05, 4.69) is 22.1 Å². The lowest BCUT2D eigenvalue weighted by Gasteiger charge is -2.03. The molecule has 2 aromatic rings. The van der Waals surface area contributed by atoms with E-state index in [0.29, 0.717) is 6.54 Å². The van der Waals surface area contributed by atoms with Crippen molar-refractivity contribution >= 4 is 5.97 Å². The zero-order chi connectivity index (χ0) is 12.3. The molecule has 2 rings (SSSR count). The Morgan fingerprint density at radius 1 is 1.47 bits per heavy atom. The Labute approximate surface area is 97.7 Å². The molecule has 7 nitrogen and oxygen atoms in total. The highest BCUT2D eigenvalue weighted by molar-refractivity contribution is 5.86. The van der Waals surface area contributed by atoms with E-state index in [1.54, 1.807) is 9.36 Å². The molecule has 0 bridgehead atoms. The molecule has 7 heteroatoms. The molecule has 90 valence electrons. The third kappa shape index (κ3) is 2.49. The molecule has 0 amide bonds. The van der Waals surface area contributed by atoms with Crippen molar-refractivity contribution in [3.8, 4) is 0 Å². The van der Waals surface area contributed by atoms with E-state index in [9.17, 15) is 4.79 Å². The molecular formula is C10H13N5O2. The number of carboxylic acids is 1. The van der Waals surface area contributed by atoms with Crippen LogP contribution in [0.5, 0.6) is 0 Å². The van der Waals surface area contributed by atoms with Crippen LogP contribution in [0.4, 0.5) is 0 Å². The van der Waals surface area contributed by atoms with E-state index < -0.39 is 5.97 Å². The van der Waals surface area contributed by atoms with Gasteiger partial charge in [0.05, 0.1) is 11.8 Å². The predicted molar refractivity (Wildman–Crippen MR) is 58.6 cm³/mol. The van der Waals surface area contributed by atoms with Crippen LogP contribution in [0.3, 0.4) is 0 Å². The highest BCUT2D eigenvalue weighted by Crippen LogP contribution is 2.02. The Balaban J connectivity index is 2.13. The van der Waals surface area contributed by atoms with Crippen molar-refractivity contribution in [2.45, 2.75) is 26.4 Å². The first kappa shape index (κ1) is 11.3. The van der Waals surface area contributed by atoms with Crippen molar-refractivity contribution in [3.05, 3.63) is 30.1 Å². The fraction of sp³-hybridized carbons (Fsp3) is 0.400. The van der Waals surface area contributed by atoms with Crippen LogP contribution in [0.15, 0.2) is 18.7 Å². The Morgan fingerprint density at radius 2 is 2.29 bits per heavy atom. The third-order valence-electron chi connectivity index (χ3n) is 2.31. The smallest absolute Gasteiger partial charge is 0.338 e. The molecule has 0 saturated heterocycles. The van der Waals surface area contributed by atoms with Crippen molar-refractivity contribution < 1.29 is 9.90 Å². The Hall–Kier alpha value is -2.18. The molecule has 0 aliphatic heterocycles. The summed E-state index contributed by atoms with van der Waals surface area (Å²) < 4.78 is 3.34. The minimum Gasteiger partial charge on any atom is -0.478 e. The van der Waals surface area contributed by atoms with Crippen LogP contribution >= 0.6 is 0 Å². The molecule has 0 fully saturated rings. The average molecular weight is 235 g/mol. The van der Waals surface area contributed by atoms with E-state index in [1.165, 1.54) is 18.7 Å². The lowest BCUT2D eigenvalue weighted by Crippen LogP contribution is -2.10. The minimum atomic E-state index is -0.980. The summed E-state index contributed by atoms with van der Waals surface area (Å²) in [5, 5.41) is 16.8. The number of hydrogen-bond acceptors (Lipinski definition) is 4. The van der Waals surface area contributed by atoms with Gasteiger partial charge in [-0.2, -0.15) is 10.2 Å². The highest BCUT2D eigenvalue weighted by Gasteiger charge is 2.09. The van der Waals surface area contributed by atoms with Crippen LogP contribution in [0, 0.1) is 0 Å². The van der Waals surface area contributed by atoms with Crippen LogP contribution in [0.25, 0.3) is 0 Å². The number of rotatable bonds is 5. The Morgan fingerprint density at radius 3 is 2.94 bits per heavy atom. The fourth-order valence-corrected chi connectivity index (χ4v) is 1.51. The number of aromatic carboxylic acids is 1. The average Bonchev–Trinajstić information content (AvgIpc) is 2.90. The molecule has 1 N–H and O–H groups in total. The number of carboxylic acid groups (broad SMARTS) is 1.